The quantitative estimate of drug-likeness (QED) is 0.719. The molecule has 2 fully saturated rings. The fourth-order valence-corrected chi connectivity index (χ4v) is 3.46. The standard InChI is InChI=1S/C17H27N5O3/c1-24-13-14-11-22(17-19-3-2-4-20-17)12-15(14)16(23)18-5-6-21-7-9-25-10-8-21/h2-4,14-15H,5-13H2,1H3,(H,18,23)/t14-,15+/m0/s1. The van der Waals surface area contributed by atoms with E-state index in [-0.39, 0.29) is 17.7 Å². The van der Waals surface area contributed by atoms with E-state index in [1.165, 1.54) is 0 Å². The van der Waals surface area contributed by atoms with E-state index in [1.807, 2.05) is 0 Å². The van der Waals surface area contributed by atoms with Crippen molar-refractivity contribution in [2.75, 3.05) is 71.1 Å². The van der Waals surface area contributed by atoms with Crippen molar-refractivity contribution in [3.63, 3.8) is 0 Å². The van der Waals surface area contributed by atoms with E-state index in [4.69, 9.17) is 9.47 Å². The Morgan fingerprint density at radius 1 is 1.32 bits per heavy atom. The second kappa shape index (κ2) is 9.07. The van der Waals surface area contributed by atoms with Crippen molar-refractivity contribution in [2.45, 2.75) is 0 Å². The lowest BCUT2D eigenvalue weighted by Crippen LogP contribution is -2.43. The predicted octanol–water partition coefficient (Wildman–Crippen LogP) is -0.376. The first-order valence-corrected chi connectivity index (χ1v) is 8.86. The maximum atomic E-state index is 12.7. The molecule has 0 saturated carbocycles. The summed E-state index contributed by atoms with van der Waals surface area (Å²) in [7, 11) is 1.68. The Bertz CT molecular complexity index is 538. The summed E-state index contributed by atoms with van der Waals surface area (Å²) < 4.78 is 10.7. The van der Waals surface area contributed by atoms with Gasteiger partial charge in [0.05, 0.1) is 25.7 Å². The average molecular weight is 349 g/mol. The summed E-state index contributed by atoms with van der Waals surface area (Å²) in [5.74, 6) is 0.812. The molecule has 0 aromatic carbocycles. The number of amides is 1. The SMILES string of the molecule is COC[C@@H]1CN(c2ncccn2)C[C@H]1C(=O)NCCN1CCOCC1. The minimum atomic E-state index is -0.103. The highest BCUT2D eigenvalue weighted by Crippen LogP contribution is 2.26. The van der Waals surface area contributed by atoms with Crippen molar-refractivity contribution >= 4 is 11.9 Å². The van der Waals surface area contributed by atoms with Crippen LogP contribution in [0.5, 0.6) is 0 Å². The number of rotatable bonds is 7. The van der Waals surface area contributed by atoms with Gasteiger partial charge in [0, 0.05) is 64.7 Å². The van der Waals surface area contributed by atoms with Gasteiger partial charge in [0.15, 0.2) is 0 Å². The van der Waals surface area contributed by atoms with E-state index in [1.54, 1.807) is 25.6 Å². The molecule has 0 spiro atoms. The number of anilines is 1. The van der Waals surface area contributed by atoms with Gasteiger partial charge in [-0.1, -0.05) is 0 Å². The van der Waals surface area contributed by atoms with Crippen LogP contribution in [0, 0.1) is 11.8 Å². The van der Waals surface area contributed by atoms with Gasteiger partial charge in [-0.3, -0.25) is 9.69 Å². The van der Waals surface area contributed by atoms with Gasteiger partial charge >= 0.3 is 0 Å². The van der Waals surface area contributed by atoms with Crippen molar-refractivity contribution in [3.8, 4) is 0 Å². The number of ether oxygens (including phenoxy) is 2. The molecule has 1 aromatic heterocycles. The number of hydrogen-bond acceptors (Lipinski definition) is 7. The molecule has 2 aliphatic heterocycles. The van der Waals surface area contributed by atoms with Crippen LogP contribution < -0.4 is 10.2 Å². The summed E-state index contributed by atoms with van der Waals surface area (Å²) in [5, 5.41) is 3.09. The molecule has 8 nitrogen and oxygen atoms in total. The molecule has 2 atom stereocenters. The van der Waals surface area contributed by atoms with E-state index in [0.717, 1.165) is 39.4 Å². The van der Waals surface area contributed by atoms with Gasteiger partial charge in [-0.05, 0) is 6.07 Å². The largest absolute Gasteiger partial charge is 0.384 e. The third kappa shape index (κ3) is 4.87. The van der Waals surface area contributed by atoms with Gasteiger partial charge in [-0.25, -0.2) is 9.97 Å². The topological polar surface area (TPSA) is 79.8 Å². The van der Waals surface area contributed by atoms with Crippen LogP contribution in [0.4, 0.5) is 5.95 Å². The maximum Gasteiger partial charge on any atom is 0.225 e. The van der Waals surface area contributed by atoms with Crippen molar-refractivity contribution in [1.82, 2.24) is 20.2 Å². The van der Waals surface area contributed by atoms with Crippen LogP contribution in [0.1, 0.15) is 0 Å². The van der Waals surface area contributed by atoms with E-state index in [0.29, 0.717) is 25.6 Å². The Labute approximate surface area is 148 Å². The molecule has 0 unspecified atom stereocenters. The van der Waals surface area contributed by atoms with Crippen molar-refractivity contribution < 1.29 is 14.3 Å². The van der Waals surface area contributed by atoms with Crippen LogP contribution in [0.2, 0.25) is 0 Å². The number of hydrogen-bond donors (Lipinski definition) is 1. The Hall–Kier alpha value is -1.77. The van der Waals surface area contributed by atoms with Crippen LogP contribution in [-0.2, 0) is 14.3 Å². The molecule has 1 aromatic rings. The third-order valence-corrected chi connectivity index (χ3v) is 4.82. The molecule has 1 N–H and O–H groups in total. The lowest BCUT2D eigenvalue weighted by atomic mass is 9.96. The highest BCUT2D eigenvalue weighted by molar-refractivity contribution is 5.80. The summed E-state index contributed by atoms with van der Waals surface area (Å²) in [5.41, 5.74) is 0. The van der Waals surface area contributed by atoms with Crippen LogP contribution in [0.25, 0.3) is 0 Å². The van der Waals surface area contributed by atoms with Crippen molar-refractivity contribution in [2.24, 2.45) is 11.8 Å². The molecule has 0 radical (unpaired) electrons. The first kappa shape index (κ1) is 18.0. The molecule has 0 aliphatic carbocycles. The Morgan fingerprint density at radius 2 is 2.08 bits per heavy atom. The summed E-state index contributed by atoms with van der Waals surface area (Å²) in [6.45, 7) is 6.87. The molecule has 0 bridgehead atoms. The van der Waals surface area contributed by atoms with Gasteiger partial charge in [0.25, 0.3) is 0 Å². The first-order valence-electron chi connectivity index (χ1n) is 8.86. The zero-order valence-corrected chi connectivity index (χ0v) is 14.8. The highest BCUT2D eigenvalue weighted by atomic mass is 16.5. The summed E-state index contributed by atoms with van der Waals surface area (Å²) in [6.07, 6.45) is 3.45. The van der Waals surface area contributed by atoms with E-state index < -0.39 is 0 Å². The lowest BCUT2D eigenvalue weighted by molar-refractivity contribution is -0.126. The Balaban J connectivity index is 1.52. The van der Waals surface area contributed by atoms with E-state index >= 15 is 0 Å². The monoisotopic (exact) mass is 349 g/mol. The number of nitrogens with zero attached hydrogens (tertiary/aromatic N) is 4. The van der Waals surface area contributed by atoms with Crippen LogP contribution in [0.15, 0.2) is 18.5 Å². The second-order valence-electron chi connectivity index (χ2n) is 6.52. The summed E-state index contributed by atoms with van der Waals surface area (Å²) in [4.78, 5) is 25.6. The second-order valence-corrected chi connectivity index (χ2v) is 6.52. The van der Waals surface area contributed by atoms with Crippen LogP contribution in [0.3, 0.4) is 0 Å². The number of aromatic nitrogens is 2. The van der Waals surface area contributed by atoms with Crippen molar-refractivity contribution in [1.29, 1.82) is 0 Å². The number of methoxy groups -OCH3 is 1. The molecule has 2 aliphatic rings. The van der Waals surface area contributed by atoms with Gasteiger partial charge in [-0.2, -0.15) is 0 Å². The van der Waals surface area contributed by atoms with E-state index in [2.05, 4.69) is 25.1 Å². The van der Waals surface area contributed by atoms with Gasteiger partial charge in [-0.15, -0.1) is 0 Å². The zero-order valence-electron chi connectivity index (χ0n) is 14.8. The number of morpholine rings is 1. The fourth-order valence-electron chi connectivity index (χ4n) is 3.46. The van der Waals surface area contributed by atoms with Gasteiger partial charge < -0.3 is 19.7 Å². The normalized spacial score (nSPS) is 24.4. The smallest absolute Gasteiger partial charge is 0.225 e. The van der Waals surface area contributed by atoms with Crippen LogP contribution >= 0.6 is 0 Å². The molecule has 8 heteroatoms. The molecule has 25 heavy (non-hydrogen) atoms. The fraction of sp³-hybridized carbons (Fsp3) is 0.706. The van der Waals surface area contributed by atoms with Gasteiger partial charge in [0.2, 0.25) is 11.9 Å². The van der Waals surface area contributed by atoms with Crippen molar-refractivity contribution in [3.05, 3.63) is 18.5 Å². The number of carbonyl (C=O) groups excluding carboxylic acids is 1. The average Bonchev–Trinajstić information content (AvgIpc) is 3.08. The maximum absolute atomic E-state index is 12.7. The summed E-state index contributed by atoms with van der Waals surface area (Å²) >= 11 is 0. The van der Waals surface area contributed by atoms with E-state index in [9.17, 15) is 4.79 Å². The molecular formula is C17H27N5O3. The molecule has 138 valence electrons. The first-order chi connectivity index (χ1) is 12.3. The molecule has 1 amide bonds. The summed E-state index contributed by atoms with van der Waals surface area (Å²) in [6, 6.07) is 1.79. The Kier molecular flexibility index (Phi) is 6.55. The zero-order chi connectivity index (χ0) is 17.5. The molecule has 2 saturated heterocycles. The van der Waals surface area contributed by atoms with Gasteiger partial charge in [0.1, 0.15) is 0 Å². The molecule has 3 rings (SSSR count). The third-order valence-electron chi connectivity index (χ3n) is 4.82. The molecular weight excluding hydrogens is 322 g/mol. The minimum Gasteiger partial charge on any atom is -0.384 e. The Morgan fingerprint density at radius 3 is 2.80 bits per heavy atom. The van der Waals surface area contributed by atoms with Crippen LogP contribution in [-0.4, -0.2) is 87.0 Å². The predicted molar refractivity (Wildman–Crippen MR) is 93.4 cm³/mol. The number of nitrogens with one attached hydrogen (secondary N) is 1. The molecule has 3 heterocycles. The minimum absolute atomic E-state index is 0.0914. The lowest BCUT2D eigenvalue weighted by Gasteiger charge is -2.26. The number of carbonyl (C=O) groups is 1. The highest BCUT2D eigenvalue weighted by Gasteiger charge is 2.38.